The number of aliphatic hydroxyl groups excluding tert-OH is 1. The number of aliphatic carboxylic acids is 1. The van der Waals surface area contributed by atoms with E-state index < -0.39 is 28.6 Å². The molecule has 1 atom stereocenters. The molecule has 0 saturated heterocycles. The van der Waals surface area contributed by atoms with Gasteiger partial charge in [0.2, 0.25) is 10.0 Å². The van der Waals surface area contributed by atoms with E-state index in [1.54, 1.807) is 31.3 Å². The van der Waals surface area contributed by atoms with Gasteiger partial charge in [0.1, 0.15) is 6.04 Å². The van der Waals surface area contributed by atoms with E-state index in [-0.39, 0.29) is 4.90 Å². The molecular weight excluding hydrogens is 296 g/mol. The lowest BCUT2D eigenvalue weighted by Gasteiger charge is -2.14. The normalized spacial score (nSPS) is 13.2. The molecule has 0 bridgehead atoms. The minimum Gasteiger partial charge on any atom is -0.480 e. The molecule has 3 N–H and O–H groups in total. The monoisotopic (exact) mass is 310 g/mol. The van der Waals surface area contributed by atoms with Crippen molar-refractivity contribution in [1.82, 2.24) is 9.71 Å². The highest BCUT2D eigenvalue weighted by Gasteiger charge is 2.26. The molecule has 0 aliphatic carbocycles. The highest BCUT2D eigenvalue weighted by Crippen LogP contribution is 2.24. The summed E-state index contributed by atoms with van der Waals surface area (Å²) in [5, 5.41) is 18.2. The lowest BCUT2D eigenvalue weighted by atomic mass is 10.1. The average Bonchev–Trinajstić information content (AvgIpc) is 2.45. The first kappa shape index (κ1) is 15.4. The van der Waals surface area contributed by atoms with Crippen molar-refractivity contribution >= 4 is 26.9 Å². The third kappa shape index (κ3) is 3.02. The molecule has 112 valence electrons. The van der Waals surface area contributed by atoms with E-state index in [9.17, 15) is 13.2 Å². The van der Waals surface area contributed by atoms with Crippen molar-refractivity contribution in [2.75, 3.05) is 6.61 Å². The number of carboxylic acids is 1. The van der Waals surface area contributed by atoms with E-state index in [0.29, 0.717) is 10.9 Å². The van der Waals surface area contributed by atoms with Gasteiger partial charge in [-0.15, -0.1) is 0 Å². The van der Waals surface area contributed by atoms with Crippen LogP contribution in [0.25, 0.3) is 10.9 Å². The van der Waals surface area contributed by atoms with Gasteiger partial charge < -0.3 is 10.2 Å². The molecule has 0 unspecified atom stereocenters. The standard InChI is InChI=1S/C13H14N2O5S/c1-8-4-5-11(9-3-2-6-14-12(8)9)21(19,20)15-10(7-16)13(17)18/h2-6,10,15-16H,7H2,1H3,(H,17,18)/t10-/m0/s1. The van der Waals surface area contributed by atoms with E-state index in [0.717, 1.165) is 5.56 Å². The number of aromatic nitrogens is 1. The largest absolute Gasteiger partial charge is 0.480 e. The van der Waals surface area contributed by atoms with Gasteiger partial charge in [-0.1, -0.05) is 6.07 Å². The number of benzene rings is 1. The molecule has 0 fully saturated rings. The van der Waals surface area contributed by atoms with E-state index in [4.69, 9.17) is 10.2 Å². The number of hydrogen-bond donors (Lipinski definition) is 3. The Morgan fingerprint density at radius 2 is 2.10 bits per heavy atom. The van der Waals surface area contributed by atoms with Crippen LogP contribution in [0.15, 0.2) is 35.4 Å². The summed E-state index contributed by atoms with van der Waals surface area (Å²) >= 11 is 0. The summed E-state index contributed by atoms with van der Waals surface area (Å²) < 4.78 is 26.6. The van der Waals surface area contributed by atoms with Gasteiger partial charge in [0.15, 0.2) is 0 Å². The molecular formula is C13H14N2O5S. The van der Waals surface area contributed by atoms with E-state index in [1.165, 1.54) is 6.07 Å². The topological polar surface area (TPSA) is 117 Å². The Morgan fingerprint density at radius 1 is 1.38 bits per heavy atom. The molecule has 0 radical (unpaired) electrons. The number of rotatable bonds is 5. The maximum Gasteiger partial charge on any atom is 0.324 e. The van der Waals surface area contributed by atoms with Crippen LogP contribution in [0.1, 0.15) is 5.56 Å². The van der Waals surface area contributed by atoms with Crippen molar-refractivity contribution in [3.8, 4) is 0 Å². The molecule has 0 aliphatic heterocycles. The van der Waals surface area contributed by atoms with Crippen LogP contribution >= 0.6 is 0 Å². The Balaban J connectivity index is 2.56. The van der Waals surface area contributed by atoms with Crippen molar-refractivity contribution in [2.45, 2.75) is 17.9 Å². The second-order valence-electron chi connectivity index (χ2n) is 4.47. The van der Waals surface area contributed by atoms with Gasteiger partial charge in [0.25, 0.3) is 0 Å². The quantitative estimate of drug-likeness (QED) is 0.729. The second kappa shape index (κ2) is 5.76. The Kier molecular flexibility index (Phi) is 4.21. The van der Waals surface area contributed by atoms with Crippen molar-refractivity contribution in [3.63, 3.8) is 0 Å². The molecule has 0 amide bonds. The van der Waals surface area contributed by atoms with Gasteiger partial charge in [-0.25, -0.2) is 8.42 Å². The molecule has 1 heterocycles. The summed E-state index contributed by atoms with van der Waals surface area (Å²) in [5.41, 5.74) is 1.33. The van der Waals surface area contributed by atoms with Crippen LogP contribution in [0.5, 0.6) is 0 Å². The van der Waals surface area contributed by atoms with Crippen LogP contribution in [0, 0.1) is 6.92 Å². The molecule has 0 saturated carbocycles. The van der Waals surface area contributed by atoms with Crippen molar-refractivity contribution in [3.05, 3.63) is 36.0 Å². The lowest BCUT2D eigenvalue weighted by Crippen LogP contribution is -2.43. The molecule has 7 nitrogen and oxygen atoms in total. The van der Waals surface area contributed by atoms with Gasteiger partial charge in [0, 0.05) is 11.6 Å². The molecule has 21 heavy (non-hydrogen) atoms. The van der Waals surface area contributed by atoms with Crippen LogP contribution in [0.2, 0.25) is 0 Å². The fraction of sp³-hybridized carbons (Fsp3) is 0.231. The molecule has 0 aliphatic rings. The number of carbonyl (C=O) groups is 1. The second-order valence-corrected chi connectivity index (χ2v) is 6.16. The smallest absolute Gasteiger partial charge is 0.324 e. The molecule has 2 aromatic rings. The number of carboxylic acid groups (broad SMARTS) is 1. The fourth-order valence-corrected chi connectivity index (χ4v) is 3.32. The lowest BCUT2D eigenvalue weighted by molar-refractivity contribution is -0.139. The third-order valence-electron chi connectivity index (χ3n) is 3.00. The first-order valence-corrected chi connectivity index (χ1v) is 7.55. The molecule has 0 spiro atoms. The third-order valence-corrected chi connectivity index (χ3v) is 4.53. The first-order valence-electron chi connectivity index (χ1n) is 6.07. The number of sulfonamides is 1. The number of hydrogen-bond acceptors (Lipinski definition) is 5. The number of aryl methyl sites for hydroxylation is 1. The summed E-state index contributed by atoms with van der Waals surface area (Å²) in [7, 11) is -4.09. The molecule has 8 heteroatoms. The van der Waals surface area contributed by atoms with Gasteiger partial charge in [-0.2, -0.15) is 4.72 Å². The first-order chi connectivity index (χ1) is 9.86. The Morgan fingerprint density at radius 3 is 2.71 bits per heavy atom. The Bertz CT molecular complexity index is 788. The van der Waals surface area contributed by atoms with Crippen LogP contribution in [0.3, 0.4) is 0 Å². The summed E-state index contributed by atoms with van der Waals surface area (Å²) in [6, 6.07) is 4.58. The predicted octanol–water partition coefficient (Wildman–Crippen LogP) is 0.267. The van der Waals surface area contributed by atoms with E-state index in [1.807, 2.05) is 4.72 Å². The van der Waals surface area contributed by atoms with Gasteiger partial charge in [-0.3, -0.25) is 9.78 Å². The van der Waals surface area contributed by atoms with Crippen LogP contribution in [0.4, 0.5) is 0 Å². The van der Waals surface area contributed by atoms with Gasteiger partial charge >= 0.3 is 5.97 Å². The maximum absolute atomic E-state index is 12.3. The van der Waals surface area contributed by atoms with E-state index in [2.05, 4.69) is 4.98 Å². The zero-order chi connectivity index (χ0) is 15.6. The molecule has 2 rings (SSSR count). The summed E-state index contributed by atoms with van der Waals surface area (Å²) in [6.07, 6.45) is 1.55. The number of fused-ring (bicyclic) bond motifs is 1. The maximum atomic E-state index is 12.3. The Labute approximate surface area is 121 Å². The van der Waals surface area contributed by atoms with Gasteiger partial charge in [-0.05, 0) is 30.7 Å². The van der Waals surface area contributed by atoms with Crippen LogP contribution < -0.4 is 4.72 Å². The SMILES string of the molecule is Cc1ccc(S(=O)(=O)N[C@@H](CO)C(=O)O)c2cccnc12. The number of nitrogens with zero attached hydrogens (tertiary/aromatic N) is 1. The predicted molar refractivity (Wildman–Crippen MR) is 75.3 cm³/mol. The van der Waals surface area contributed by atoms with Crippen molar-refractivity contribution in [1.29, 1.82) is 0 Å². The van der Waals surface area contributed by atoms with Crippen molar-refractivity contribution in [2.24, 2.45) is 0 Å². The highest BCUT2D eigenvalue weighted by molar-refractivity contribution is 7.89. The molecule has 1 aromatic heterocycles. The van der Waals surface area contributed by atoms with Crippen LogP contribution in [-0.2, 0) is 14.8 Å². The highest BCUT2D eigenvalue weighted by atomic mass is 32.2. The zero-order valence-corrected chi connectivity index (χ0v) is 12.0. The van der Waals surface area contributed by atoms with Crippen LogP contribution in [-0.4, -0.2) is 42.2 Å². The molecule has 1 aromatic carbocycles. The number of nitrogens with one attached hydrogen (secondary N) is 1. The fourth-order valence-electron chi connectivity index (χ4n) is 1.94. The summed E-state index contributed by atoms with van der Waals surface area (Å²) in [6.45, 7) is 0.962. The van der Waals surface area contributed by atoms with Crippen molar-refractivity contribution < 1.29 is 23.4 Å². The van der Waals surface area contributed by atoms with E-state index >= 15 is 0 Å². The summed E-state index contributed by atoms with van der Waals surface area (Å²) in [5.74, 6) is -1.45. The van der Waals surface area contributed by atoms with Gasteiger partial charge in [0.05, 0.1) is 17.0 Å². The number of pyridine rings is 1. The average molecular weight is 310 g/mol. The summed E-state index contributed by atoms with van der Waals surface area (Å²) in [4.78, 5) is 14.9. The number of aliphatic hydroxyl groups is 1. The zero-order valence-electron chi connectivity index (χ0n) is 11.1. The minimum absolute atomic E-state index is 0.0732. The Hall–Kier alpha value is -2.03. The minimum atomic E-state index is -4.09.